The average Bonchev–Trinajstić information content (AvgIpc) is 2.32. The lowest BCUT2D eigenvalue weighted by molar-refractivity contribution is -0.115. The molecule has 0 radical (unpaired) electrons. The van der Waals surface area contributed by atoms with Gasteiger partial charge in [-0.1, -0.05) is 18.2 Å². The van der Waals surface area contributed by atoms with E-state index >= 15 is 0 Å². The number of amides is 1. The number of carbonyl (C=O) groups is 1. The summed E-state index contributed by atoms with van der Waals surface area (Å²) >= 11 is 2.19. The smallest absolute Gasteiger partial charge is 0.228 e. The Morgan fingerprint density at radius 2 is 1.89 bits per heavy atom. The third-order valence-electron chi connectivity index (χ3n) is 2.39. The summed E-state index contributed by atoms with van der Waals surface area (Å²) in [5.74, 6) is -0.402. The monoisotopic (exact) mass is 355 g/mol. The van der Waals surface area contributed by atoms with Gasteiger partial charge in [-0.25, -0.2) is 4.39 Å². The maximum Gasteiger partial charge on any atom is 0.228 e. The third-order valence-corrected chi connectivity index (χ3v) is 3.06. The van der Waals surface area contributed by atoms with E-state index in [1.54, 1.807) is 12.1 Å². The fraction of sp³-hybridized carbons (Fsp3) is 0.0714. The predicted molar refractivity (Wildman–Crippen MR) is 77.9 cm³/mol. The van der Waals surface area contributed by atoms with Crippen LogP contribution in [-0.4, -0.2) is 5.91 Å². The van der Waals surface area contributed by atoms with Crippen LogP contribution in [0.25, 0.3) is 0 Å². The first-order chi connectivity index (χ1) is 8.63. The second kappa shape index (κ2) is 5.95. The molecule has 18 heavy (non-hydrogen) atoms. The fourth-order valence-corrected chi connectivity index (χ4v) is 2.10. The zero-order chi connectivity index (χ0) is 13.0. The van der Waals surface area contributed by atoms with Gasteiger partial charge >= 0.3 is 0 Å². The predicted octanol–water partition coefficient (Wildman–Crippen LogP) is 3.61. The highest BCUT2D eigenvalue weighted by Crippen LogP contribution is 2.13. The highest BCUT2D eigenvalue weighted by atomic mass is 127. The van der Waals surface area contributed by atoms with Gasteiger partial charge in [0.15, 0.2) is 0 Å². The molecule has 1 N–H and O–H groups in total. The first-order valence-electron chi connectivity index (χ1n) is 5.43. The summed E-state index contributed by atoms with van der Waals surface area (Å²) < 4.78 is 13.8. The molecule has 0 saturated heterocycles. The van der Waals surface area contributed by atoms with Crippen molar-refractivity contribution < 1.29 is 9.18 Å². The molecule has 0 aliphatic carbocycles. The minimum Gasteiger partial charge on any atom is -0.326 e. The van der Waals surface area contributed by atoms with Crippen LogP contribution in [0.15, 0.2) is 48.5 Å². The number of hydrogen-bond donors (Lipinski definition) is 1. The molecule has 4 heteroatoms. The van der Waals surface area contributed by atoms with Crippen LogP contribution in [0, 0.1) is 9.39 Å². The Morgan fingerprint density at radius 3 is 2.56 bits per heavy atom. The number of hydrogen-bond acceptors (Lipinski definition) is 1. The molecule has 0 atom stereocenters. The number of anilines is 1. The van der Waals surface area contributed by atoms with Crippen molar-refractivity contribution in [1.29, 1.82) is 0 Å². The highest BCUT2D eigenvalue weighted by Gasteiger charge is 2.04. The van der Waals surface area contributed by atoms with E-state index in [9.17, 15) is 9.18 Å². The molecule has 2 rings (SSSR count). The Balaban J connectivity index is 1.98. The molecule has 0 aliphatic heterocycles. The first kappa shape index (κ1) is 13.0. The quantitative estimate of drug-likeness (QED) is 0.838. The molecule has 2 aromatic carbocycles. The van der Waals surface area contributed by atoms with E-state index in [0.717, 1.165) is 14.8 Å². The van der Waals surface area contributed by atoms with Gasteiger partial charge in [0.2, 0.25) is 5.91 Å². The molecule has 0 saturated carbocycles. The van der Waals surface area contributed by atoms with Gasteiger partial charge in [0.25, 0.3) is 0 Å². The lowest BCUT2D eigenvalue weighted by atomic mass is 10.1. The van der Waals surface area contributed by atoms with E-state index in [1.807, 2.05) is 24.3 Å². The van der Waals surface area contributed by atoms with Crippen LogP contribution < -0.4 is 5.32 Å². The zero-order valence-electron chi connectivity index (χ0n) is 9.49. The van der Waals surface area contributed by atoms with Gasteiger partial charge < -0.3 is 5.32 Å². The Hall–Kier alpha value is -1.43. The van der Waals surface area contributed by atoms with Crippen LogP contribution in [0.4, 0.5) is 10.1 Å². The van der Waals surface area contributed by atoms with Crippen molar-refractivity contribution in [3.63, 3.8) is 0 Å². The largest absolute Gasteiger partial charge is 0.326 e. The average molecular weight is 355 g/mol. The molecule has 0 unspecified atom stereocenters. The number of benzene rings is 2. The Labute approximate surface area is 118 Å². The van der Waals surface area contributed by atoms with E-state index in [-0.39, 0.29) is 18.1 Å². The molecule has 1 amide bonds. The molecule has 0 fully saturated rings. The second-order valence-corrected chi connectivity index (χ2v) is 5.11. The molecule has 0 aromatic heterocycles. The van der Waals surface area contributed by atoms with Gasteiger partial charge in [-0.2, -0.15) is 0 Å². The topological polar surface area (TPSA) is 29.1 Å². The summed E-state index contributed by atoms with van der Waals surface area (Å²) in [7, 11) is 0. The fourth-order valence-electron chi connectivity index (χ4n) is 1.56. The van der Waals surface area contributed by atoms with Crippen LogP contribution in [0.3, 0.4) is 0 Å². The maximum absolute atomic E-state index is 12.7. The van der Waals surface area contributed by atoms with Crippen LogP contribution in [-0.2, 0) is 11.2 Å². The summed E-state index contributed by atoms with van der Waals surface area (Å²) in [6.45, 7) is 0. The SMILES string of the molecule is O=C(Cc1ccc(F)cc1)Nc1cccc(I)c1. The van der Waals surface area contributed by atoms with Crippen molar-refractivity contribution in [3.8, 4) is 0 Å². The van der Waals surface area contributed by atoms with Crippen LogP contribution >= 0.6 is 22.6 Å². The lowest BCUT2D eigenvalue weighted by Gasteiger charge is -2.05. The summed E-state index contributed by atoms with van der Waals surface area (Å²) in [5, 5.41) is 2.81. The van der Waals surface area contributed by atoms with E-state index in [0.29, 0.717) is 0 Å². The van der Waals surface area contributed by atoms with Crippen molar-refractivity contribution in [2.75, 3.05) is 5.32 Å². The zero-order valence-corrected chi connectivity index (χ0v) is 11.6. The first-order valence-corrected chi connectivity index (χ1v) is 6.51. The van der Waals surface area contributed by atoms with Crippen LogP contribution in [0.5, 0.6) is 0 Å². The number of carbonyl (C=O) groups excluding carboxylic acids is 1. The van der Waals surface area contributed by atoms with Gasteiger partial charge in [-0.15, -0.1) is 0 Å². The number of nitrogens with one attached hydrogen (secondary N) is 1. The molecule has 2 aromatic rings. The normalized spacial score (nSPS) is 10.1. The summed E-state index contributed by atoms with van der Waals surface area (Å²) in [5.41, 5.74) is 1.56. The summed E-state index contributed by atoms with van der Waals surface area (Å²) in [6.07, 6.45) is 0.242. The van der Waals surface area contributed by atoms with Gasteiger partial charge in [0.1, 0.15) is 5.82 Å². The van der Waals surface area contributed by atoms with Crippen molar-refractivity contribution in [3.05, 3.63) is 63.5 Å². The molecule has 2 nitrogen and oxygen atoms in total. The number of halogens is 2. The van der Waals surface area contributed by atoms with E-state index in [4.69, 9.17) is 0 Å². The lowest BCUT2D eigenvalue weighted by Crippen LogP contribution is -2.14. The summed E-state index contributed by atoms with van der Waals surface area (Å²) in [6, 6.07) is 13.5. The van der Waals surface area contributed by atoms with Gasteiger partial charge in [0, 0.05) is 9.26 Å². The Morgan fingerprint density at radius 1 is 1.17 bits per heavy atom. The van der Waals surface area contributed by atoms with Crippen molar-refractivity contribution in [2.45, 2.75) is 6.42 Å². The third kappa shape index (κ3) is 3.80. The molecule has 0 spiro atoms. The van der Waals surface area contributed by atoms with Crippen LogP contribution in [0.1, 0.15) is 5.56 Å². The van der Waals surface area contributed by atoms with Crippen molar-refractivity contribution in [2.24, 2.45) is 0 Å². The Bertz CT molecular complexity index is 554. The maximum atomic E-state index is 12.7. The minimum absolute atomic E-state index is 0.108. The summed E-state index contributed by atoms with van der Waals surface area (Å²) in [4.78, 5) is 11.8. The number of rotatable bonds is 3. The van der Waals surface area contributed by atoms with Crippen molar-refractivity contribution >= 4 is 34.2 Å². The van der Waals surface area contributed by atoms with Gasteiger partial charge in [-0.05, 0) is 58.5 Å². The molecule has 0 heterocycles. The molecular formula is C14H11FINO. The standard InChI is InChI=1S/C14H11FINO/c15-11-6-4-10(5-7-11)8-14(18)17-13-3-1-2-12(16)9-13/h1-7,9H,8H2,(H,17,18). The molecule has 92 valence electrons. The van der Waals surface area contributed by atoms with E-state index in [1.165, 1.54) is 12.1 Å². The Kier molecular flexibility index (Phi) is 4.30. The van der Waals surface area contributed by atoms with E-state index < -0.39 is 0 Å². The highest BCUT2D eigenvalue weighted by molar-refractivity contribution is 14.1. The molecule has 0 bridgehead atoms. The van der Waals surface area contributed by atoms with Gasteiger partial charge in [-0.3, -0.25) is 4.79 Å². The van der Waals surface area contributed by atoms with Crippen molar-refractivity contribution in [1.82, 2.24) is 0 Å². The van der Waals surface area contributed by atoms with E-state index in [2.05, 4.69) is 27.9 Å². The molecule has 0 aliphatic rings. The minimum atomic E-state index is -0.295. The van der Waals surface area contributed by atoms with Gasteiger partial charge in [0.05, 0.1) is 6.42 Å². The second-order valence-electron chi connectivity index (χ2n) is 3.86. The van der Waals surface area contributed by atoms with Crippen LogP contribution in [0.2, 0.25) is 0 Å². The molecular weight excluding hydrogens is 344 g/mol.